The second-order valence-electron chi connectivity index (χ2n) is 14.5. The molecule has 2 atom stereocenters. The van der Waals surface area contributed by atoms with Gasteiger partial charge in [0.25, 0.3) is 0 Å². The second kappa shape index (κ2) is 37.2. The Bertz CT molecular complexity index is 1220. The molecule has 0 aliphatic rings. The van der Waals surface area contributed by atoms with E-state index in [1.165, 1.54) is 12.8 Å². The monoisotopic (exact) mass is 766 g/mol. The van der Waals surface area contributed by atoms with E-state index in [0.717, 1.165) is 77.0 Å². The molecule has 0 aliphatic heterocycles. The number of allylic oxidation sites excluding steroid dienone is 15. The van der Waals surface area contributed by atoms with Crippen LogP contribution in [-0.2, 0) is 28.6 Å². The summed E-state index contributed by atoms with van der Waals surface area (Å²) in [6.45, 7) is 4.27. The Morgan fingerprint density at radius 1 is 0.564 bits per heavy atom. The van der Waals surface area contributed by atoms with E-state index >= 15 is 0 Å². The third-order valence-corrected chi connectivity index (χ3v) is 8.50. The fourth-order valence-electron chi connectivity index (χ4n) is 5.33. The molecule has 0 saturated carbocycles. The maximum absolute atomic E-state index is 12.5. The number of ether oxygens (including phenoxy) is 3. The SMILES string of the molecule is CC/C=C/C/C=C/C/C=C/C/C=C/C/C=C/CCCCCCCCC(=O)OCC(COCCC(C(=O)[O-])[N+](C)(C)C)OC(=O)C/C=C/C/C=C/C/C=C/CC. The normalized spacial score (nSPS) is 14.0. The van der Waals surface area contributed by atoms with Crippen LogP contribution in [-0.4, -0.2) is 75.5 Å². The molecule has 8 nitrogen and oxygen atoms in total. The lowest BCUT2D eigenvalue weighted by Gasteiger charge is -2.34. The number of carbonyl (C=O) groups is 3. The average Bonchev–Trinajstić information content (AvgIpc) is 3.14. The Labute approximate surface area is 335 Å². The van der Waals surface area contributed by atoms with Gasteiger partial charge in [-0.3, -0.25) is 9.59 Å². The number of quaternary nitrogens is 1. The topological polar surface area (TPSA) is 102 Å². The molecule has 0 aromatic rings. The first kappa shape index (κ1) is 51.2. The number of esters is 2. The van der Waals surface area contributed by atoms with Gasteiger partial charge in [-0.25, -0.2) is 0 Å². The van der Waals surface area contributed by atoms with E-state index in [2.05, 4.69) is 92.8 Å². The molecule has 310 valence electrons. The number of likely N-dealkylation sites (N-methyl/N-ethyl adjacent to an activating group) is 1. The van der Waals surface area contributed by atoms with Crippen molar-refractivity contribution in [1.82, 2.24) is 0 Å². The zero-order chi connectivity index (χ0) is 40.7. The van der Waals surface area contributed by atoms with Crippen LogP contribution in [0.5, 0.6) is 0 Å². The minimum atomic E-state index is -1.14. The van der Waals surface area contributed by atoms with Crippen molar-refractivity contribution >= 4 is 17.9 Å². The van der Waals surface area contributed by atoms with E-state index in [-0.39, 0.29) is 43.1 Å². The van der Waals surface area contributed by atoms with Crippen molar-refractivity contribution in [2.24, 2.45) is 0 Å². The van der Waals surface area contributed by atoms with Crippen LogP contribution < -0.4 is 5.11 Å². The molecule has 8 heteroatoms. The first-order valence-electron chi connectivity index (χ1n) is 20.8. The number of carbonyl (C=O) groups excluding carboxylic acids is 3. The van der Waals surface area contributed by atoms with E-state index in [1.807, 2.05) is 12.2 Å². The third-order valence-electron chi connectivity index (χ3n) is 8.50. The van der Waals surface area contributed by atoms with E-state index in [4.69, 9.17) is 14.2 Å². The summed E-state index contributed by atoms with van der Waals surface area (Å²) in [7, 11) is 5.35. The summed E-state index contributed by atoms with van der Waals surface area (Å²) in [5.74, 6) is -1.92. The van der Waals surface area contributed by atoms with Gasteiger partial charge in [0.2, 0.25) is 0 Å². The van der Waals surface area contributed by atoms with Gasteiger partial charge in [-0.15, -0.1) is 0 Å². The molecular formula is C47H75NO7. The summed E-state index contributed by atoms with van der Waals surface area (Å²) in [5.41, 5.74) is 0. The van der Waals surface area contributed by atoms with Crippen molar-refractivity contribution < 1.29 is 38.2 Å². The Kier molecular flexibility index (Phi) is 34.7. The van der Waals surface area contributed by atoms with Crippen molar-refractivity contribution in [3.63, 3.8) is 0 Å². The summed E-state index contributed by atoms with van der Waals surface area (Å²) in [6.07, 6.45) is 49.1. The van der Waals surface area contributed by atoms with Crippen molar-refractivity contribution in [3.8, 4) is 0 Å². The Morgan fingerprint density at radius 2 is 1.02 bits per heavy atom. The molecule has 0 N–H and O–H groups in total. The van der Waals surface area contributed by atoms with E-state index < -0.39 is 24.1 Å². The highest BCUT2D eigenvalue weighted by molar-refractivity contribution is 5.71. The number of carboxylic acids is 1. The standard InChI is InChI=1S/C47H75NO7/c1-6-8-10-12-14-16-17-18-19-20-21-22-23-24-25-26-27-28-30-31-33-35-37-45(49)54-42-43(41-53-40-39-44(47(51)52)48(3,4)5)55-46(50)38-36-34-32-29-15-13-11-9-7-2/h8-11,14-16,18-19,21-22,24-25,29,34,36,43-44H,6-7,12-13,17,20,23,26-28,30-33,35,37-42H2,1-5H3/b10-8+,11-9+,16-14+,19-18+,22-21+,25-24+,29-15+,36-34+. The Balaban J connectivity index is 4.36. The number of carboxylic acid groups (broad SMARTS) is 1. The first-order chi connectivity index (χ1) is 26.6. The molecule has 0 heterocycles. The summed E-state index contributed by atoms with van der Waals surface area (Å²) in [6, 6.07) is -0.746. The van der Waals surface area contributed by atoms with Crippen LogP contribution in [0.2, 0.25) is 0 Å². The van der Waals surface area contributed by atoms with E-state index in [0.29, 0.717) is 12.8 Å². The van der Waals surface area contributed by atoms with E-state index in [9.17, 15) is 19.5 Å². The van der Waals surface area contributed by atoms with Crippen LogP contribution in [0.15, 0.2) is 97.2 Å². The minimum absolute atomic E-state index is 0.00666. The van der Waals surface area contributed by atoms with Crippen molar-refractivity contribution in [3.05, 3.63) is 97.2 Å². The highest BCUT2D eigenvalue weighted by atomic mass is 16.6. The molecule has 0 radical (unpaired) electrons. The highest BCUT2D eigenvalue weighted by Gasteiger charge is 2.25. The van der Waals surface area contributed by atoms with Crippen LogP contribution >= 0.6 is 0 Å². The maximum Gasteiger partial charge on any atom is 0.310 e. The fourth-order valence-corrected chi connectivity index (χ4v) is 5.33. The van der Waals surface area contributed by atoms with Crippen LogP contribution in [0, 0.1) is 0 Å². The second-order valence-corrected chi connectivity index (χ2v) is 14.5. The molecule has 0 bridgehead atoms. The van der Waals surface area contributed by atoms with Gasteiger partial charge in [0, 0.05) is 12.8 Å². The smallest absolute Gasteiger partial charge is 0.310 e. The van der Waals surface area contributed by atoms with Gasteiger partial charge >= 0.3 is 11.9 Å². The average molecular weight is 766 g/mol. The van der Waals surface area contributed by atoms with Crippen LogP contribution in [0.4, 0.5) is 0 Å². The van der Waals surface area contributed by atoms with Gasteiger partial charge in [-0.2, -0.15) is 0 Å². The molecule has 0 aromatic heterocycles. The van der Waals surface area contributed by atoms with Gasteiger partial charge in [0.05, 0.1) is 46.7 Å². The number of unbranched alkanes of at least 4 members (excludes halogenated alkanes) is 6. The Hall–Kier alpha value is -3.75. The number of nitrogens with zero attached hydrogens (tertiary/aromatic N) is 1. The molecule has 55 heavy (non-hydrogen) atoms. The predicted octanol–water partition coefficient (Wildman–Crippen LogP) is 9.79. The molecule has 0 saturated heterocycles. The number of aliphatic carboxylic acids is 1. The summed E-state index contributed by atoms with van der Waals surface area (Å²) < 4.78 is 16.9. The molecule has 0 rings (SSSR count). The Morgan fingerprint density at radius 3 is 1.51 bits per heavy atom. The minimum Gasteiger partial charge on any atom is -0.544 e. The van der Waals surface area contributed by atoms with Crippen LogP contribution in [0.1, 0.15) is 129 Å². The van der Waals surface area contributed by atoms with Gasteiger partial charge in [0.1, 0.15) is 12.6 Å². The van der Waals surface area contributed by atoms with Crippen molar-refractivity contribution in [2.75, 3.05) is 41.0 Å². The molecule has 0 aliphatic carbocycles. The molecule has 0 spiro atoms. The maximum atomic E-state index is 12.5. The number of hydrogen-bond acceptors (Lipinski definition) is 7. The summed E-state index contributed by atoms with van der Waals surface area (Å²) >= 11 is 0. The predicted molar refractivity (Wildman–Crippen MR) is 226 cm³/mol. The quantitative estimate of drug-likeness (QED) is 0.0274. The van der Waals surface area contributed by atoms with E-state index in [1.54, 1.807) is 27.2 Å². The molecule has 0 aromatic carbocycles. The van der Waals surface area contributed by atoms with Gasteiger partial charge < -0.3 is 28.6 Å². The van der Waals surface area contributed by atoms with Crippen molar-refractivity contribution in [1.29, 1.82) is 0 Å². The lowest BCUT2D eigenvalue weighted by Crippen LogP contribution is -2.55. The molecule has 0 amide bonds. The summed E-state index contributed by atoms with van der Waals surface area (Å²) in [4.78, 5) is 36.6. The first-order valence-corrected chi connectivity index (χ1v) is 20.8. The van der Waals surface area contributed by atoms with Gasteiger partial charge in [0.15, 0.2) is 6.10 Å². The molecule has 0 fully saturated rings. The molecular weight excluding hydrogens is 691 g/mol. The fraction of sp³-hybridized carbons (Fsp3) is 0.596. The summed E-state index contributed by atoms with van der Waals surface area (Å²) in [5, 5.41) is 11.6. The van der Waals surface area contributed by atoms with Crippen molar-refractivity contribution in [2.45, 2.75) is 142 Å². The van der Waals surface area contributed by atoms with Gasteiger partial charge in [-0.1, -0.05) is 137 Å². The zero-order valence-corrected chi connectivity index (χ0v) is 35.0. The zero-order valence-electron chi connectivity index (χ0n) is 35.0. The highest BCUT2D eigenvalue weighted by Crippen LogP contribution is 2.11. The third kappa shape index (κ3) is 35.7. The van der Waals surface area contributed by atoms with Gasteiger partial charge in [-0.05, 0) is 70.6 Å². The van der Waals surface area contributed by atoms with Crippen LogP contribution in [0.25, 0.3) is 0 Å². The number of hydrogen-bond donors (Lipinski definition) is 0. The lowest BCUT2D eigenvalue weighted by molar-refractivity contribution is -0.889. The van der Waals surface area contributed by atoms with Crippen LogP contribution in [0.3, 0.4) is 0 Å². The number of rotatable bonds is 35. The lowest BCUT2D eigenvalue weighted by atomic mass is 10.1. The molecule has 2 unspecified atom stereocenters. The largest absolute Gasteiger partial charge is 0.544 e.